The highest BCUT2D eigenvalue weighted by molar-refractivity contribution is 7.22. The summed E-state index contributed by atoms with van der Waals surface area (Å²) in [7, 11) is 3.95. The lowest BCUT2D eigenvalue weighted by molar-refractivity contribution is 0.413. The molecule has 0 bridgehead atoms. The SMILES string of the molecule is Cc1nn(C)c2nc(N(Cc3cnn(C)c3)C3CCCCC3)sc12. The van der Waals surface area contributed by atoms with Crippen molar-refractivity contribution in [1.29, 1.82) is 0 Å². The van der Waals surface area contributed by atoms with Crippen LogP contribution in [0.2, 0.25) is 0 Å². The van der Waals surface area contributed by atoms with Crippen LogP contribution in [0.4, 0.5) is 5.13 Å². The van der Waals surface area contributed by atoms with Crippen LogP contribution in [0.5, 0.6) is 0 Å². The molecule has 0 aliphatic heterocycles. The maximum Gasteiger partial charge on any atom is 0.188 e. The molecule has 1 fully saturated rings. The zero-order valence-electron chi connectivity index (χ0n) is 14.6. The first-order valence-electron chi connectivity index (χ1n) is 8.66. The highest BCUT2D eigenvalue weighted by atomic mass is 32.1. The zero-order valence-corrected chi connectivity index (χ0v) is 15.4. The average Bonchev–Trinajstić information content (AvgIpc) is 3.25. The first-order chi connectivity index (χ1) is 11.6. The van der Waals surface area contributed by atoms with E-state index in [9.17, 15) is 0 Å². The lowest BCUT2D eigenvalue weighted by Crippen LogP contribution is -2.36. The molecule has 24 heavy (non-hydrogen) atoms. The fourth-order valence-electron chi connectivity index (χ4n) is 3.69. The summed E-state index contributed by atoms with van der Waals surface area (Å²) >= 11 is 1.78. The maximum absolute atomic E-state index is 4.93. The van der Waals surface area contributed by atoms with Gasteiger partial charge in [-0.2, -0.15) is 10.2 Å². The van der Waals surface area contributed by atoms with Gasteiger partial charge in [-0.05, 0) is 19.8 Å². The Hall–Kier alpha value is -1.89. The number of hydrogen-bond acceptors (Lipinski definition) is 5. The van der Waals surface area contributed by atoms with E-state index in [1.807, 2.05) is 29.7 Å². The average molecular weight is 344 g/mol. The lowest BCUT2D eigenvalue weighted by Gasteiger charge is -2.34. The highest BCUT2D eigenvalue weighted by Gasteiger charge is 2.25. The Morgan fingerprint density at radius 2 is 2.04 bits per heavy atom. The minimum absolute atomic E-state index is 0.577. The Morgan fingerprint density at radius 1 is 1.25 bits per heavy atom. The Bertz CT molecular complexity index is 804. The summed E-state index contributed by atoms with van der Waals surface area (Å²) in [6, 6.07) is 0.577. The summed E-state index contributed by atoms with van der Waals surface area (Å²) < 4.78 is 4.98. The fourth-order valence-corrected chi connectivity index (χ4v) is 4.80. The predicted octanol–water partition coefficient (Wildman–Crippen LogP) is 3.41. The van der Waals surface area contributed by atoms with Gasteiger partial charge in [0.2, 0.25) is 0 Å². The third-order valence-electron chi connectivity index (χ3n) is 4.91. The molecule has 3 heterocycles. The lowest BCUT2D eigenvalue weighted by atomic mass is 9.94. The van der Waals surface area contributed by atoms with Gasteiger partial charge in [-0.15, -0.1) is 0 Å². The number of hydrogen-bond donors (Lipinski definition) is 0. The number of nitrogens with zero attached hydrogens (tertiary/aromatic N) is 6. The molecule has 0 unspecified atom stereocenters. The van der Waals surface area contributed by atoms with E-state index in [2.05, 4.69) is 28.2 Å². The number of rotatable bonds is 4. The molecule has 1 aliphatic rings. The molecular weight excluding hydrogens is 320 g/mol. The number of aromatic nitrogens is 5. The van der Waals surface area contributed by atoms with Crippen molar-refractivity contribution >= 4 is 26.8 Å². The molecule has 0 amide bonds. The molecule has 3 aromatic rings. The van der Waals surface area contributed by atoms with Gasteiger partial charge in [0.1, 0.15) is 0 Å². The smallest absolute Gasteiger partial charge is 0.188 e. The van der Waals surface area contributed by atoms with E-state index in [0.717, 1.165) is 23.0 Å². The van der Waals surface area contributed by atoms with Crippen molar-refractivity contribution in [3.63, 3.8) is 0 Å². The molecule has 0 spiro atoms. The van der Waals surface area contributed by atoms with Gasteiger partial charge >= 0.3 is 0 Å². The van der Waals surface area contributed by atoms with Crippen LogP contribution in [0.1, 0.15) is 43.4 Å². The minimum Gasteiger partial charge on any atom is -0.341 e. The van der Waals surface area contributed by atoms with Gasteiger partial charge < -0.3 is 4.90 Å². The normalized spacial score (nSPS) is 16.1. The van der Waals surface area contributed by atoms with E-state index in [4.69, 9.17) is 4.98 Å². The van der Waals surface area contributed by atoms with E-state index >= 15 is 0 Å². The van der Waals surface area contributed by atoms with Gasteiger partial charge in [0, 0.05) is 38.4 Å². The molecule has 0 saturated heterocycles. The second-order valence-corrected chi connectivity index (χ2v) is 7.78. The standard InChI is InChI=1S/C17H24N6S/c1-12-15-16(22(3)20-12)19-17(24-15)23(14-7-5-4-6-8-14)11-13-9-18-21(2)10-13/h9-10,14H,4-8,11H2,1-3H3. The molecule has 7 heteroatoms. The van der Waals surface area contributed by atoms with Gasteiger partial charge in [0.15, 0.2) is 10.8 Å². The first kappa shape index (κ1) is 15.6. The number of fused-ring (bicyclic) bond motifs is 1. The van der Waals surface area contributed by atoms with Crippen molar-refractivity contribution in [2.24, 2.45) is 14.1 Å². The quantitative estimate of drug-likeness (QED) is 0.728. The van der Waals surface area contributed by atoms with Crippen LogP contribution in [-0.2, 0) is 20.6 Å². The molecule has 1 aliphatic carbocycles. The predicted molar refractivity (Wildman–Crippen MR) is 97.4 cm³/mol. The minimum atomic E-state index is 0.577. The largest absolute Gasteiger partial charge is 0.341 e. The summed E-state index contributed by atoms with van der Waals surface area (Å²) in [5.41, 5.74) is 3.32. The summed E-state index contributed by atoms with van der Waals surface area (Å²) in [4.78, 5) is 7.43. The molecule has 4 rings (SSSR count). The molecule has 0 atom stereocenters. The van der Waals surface area contributed by atoms with E-state index in [1.54, 1.807) is 11.3 Å². The Labute approximate surface area is 146 Å². The summed E-state index contributed by atoms with van der Waals surface area (Å²) in [5, 5.41) is 9.93. The molecule has 6 nitrogen and oxygen atoms in total. The summed E-state index contributed by atoms with van der Waals surface area (Å²) in [6.45, 7) is 2.95. The highest BCUT2D eigenvalue weighted by Crippen LogP contribution is 2.35. The van der Waals surface area contributed by atoms with Crippen molar-refractivity contribution in [2.75, 3.05) is 4.90 Å². The number of anilines is 1. The van der Waals surface area contributed by atoms with E-state index in [-0.39, 0.29) is 0 Å². The second kappa shape index (κ2) is 6.20. The topological polar surface area (TPSA) is 51.8 Å². The van der Waals surface area contributed by atoms with Crippen LogP contribution >= 0.6 is 11.3 Å². The second-order valence-electron chi connectivity index (χ2n) is 6.80. The molecule has 128 valence electrons. The van der Waals surface area contributed by atoms with E-state index in [1.165, 1.54) is 42.4 Å². The van der Waals surface area contributed by atoms with Crippen LogP contribution in [0, 0.1) is 6.92 Å². The third-order valence-corrected chi connectivity index (χ3v) is 6.10. The van der Waals surface area contributed by atoms with Gasteiger partial charge in [-0.3, -0.25) is 4.68 Å². The Morgan fingerprint density at radius 3 is 2.71 bits per heavy atom. The number of aryl methyl sites for hydroxylation is 3. The van der Waals surface area contributed by atoms with E-state index < -0.39 is 0 Å². The third kappa shape index (κ3) is 2.81. The van der Waals surface area contributed by atoms with Crippen molar-refractivity contribution in [2.45, 2.75) is 51.6 Å². The fraction of sp³-hybridized carbons (Fsp3) is 0.588. The Balaban J connectivity index is 1.70. The number of thiazole rings is 1. The van der Waals surface area contributed by atoms with Crippen molar-refractivity contribution in [1.82, 2.24) is 24.5 Å². The van der Waals surface area contributed by atoms with Crippen LogP contribution in [0.25, 0.3) is 10.3 Å². The van der Waals surface area contributed by atoms with Gasteiger partial charge in [-0.25, -0.2) is 9.67 Å². The molecular formula is C17H24N6S. The van der Waals surface area contributed by atoms with E-state index in [0.29, 0.717) is 6.04 Å². The van der Waals surface area contributed by atoms with Gasteiger partial charge in [0.25, 0.3) is 0 Å². The molecule has 0 aromatic carbocycles. The molecule has 0 N–H and O–H groups in total. The molecule has 1 saturated carbocycles. The van der Waals surface area contributed by atoms with Crippen molar-refractivity contribution in [3.05, 3.63) is 23.7 Å². The molecule has 0 radical (unpaired) electrons. The Kier molecular flexibility index (Phi) is 4.04. The summed E-state index contributed by atoms with van der Waals surface area (Å²) in [5.74, 6) is 0. The maximum atomic E-state index is 4.93. The van der Waals surface area contributed by atoms with Gasteiger partial charge in [-0.1, -0.05) is 30.6 Å². The monoisotopic (exact) mass is 344 g/mol. The summed E-state index contributed by atoms with van der Waals surface area (Å²) in [6.07, 6.45) is 10.6. The zero-order chi connectivity index (χ0) is 16.7. The van der Waals surface area contributed by atoms with Crippen LogP contribution in [0.15, 0.2) is 12.4 Å². The molecule has 3 aromatic heterocycles. The van der Waals surface area contributed by atoms with Gasteiger partial charge in [0.05, 0.1) is 16.6 Å². The first-order valence-corrected chi connectivity index (χ1v) is 9.48. The van der Waals surface area contributed by atoms with Crippen LogP contribution < -0.4 is 4.90 Å². The van der Waals surface area contributed by atoms with Crippen molar-refractivity contribution in [3.8, 4) is 0 Å². The van der Waals surface area contributed by atoms with Crippen LogP contribution in [0.3, 0.4) is 0 Å². The van der Waals surface area contributed by atoms with Crippen molar-refractivity contribution < 1.29 is 0 Å². The van der Waals surface area contributed by atoms with Crippen LogP contribution in [-0.4, -0.2) is 30.6 Å².